The maximum Gasteiger partial charge on any atom is 0.316 e. The summed E-state index contributed by atoms with van der Waals surface area (Å²) in [6.45, 7) is 6.76. The van der Waals surface area contributed by atoms with Gasteiger partial charge in [-0.05, 0) is 25.2 Å². The number of esters is 1. The summed E-state index contributed by atoms with van der Waals surface area (Å²) in [5.74, 6) is 0.609. The minimum atomic E-state index is -0.123. The van der Waals surface area contributed by atoms with Gasteiger partial charge >= 0.3 is 5.97 Å². The molecule has 0 aromatic carbocycles. The Kier molecular flexibility index (Phi) is 2.65. The van der Waals surface area contributed by atoms with Crippen molar-refractivity contribution in [1.82, 2.24) is 0 Å². The predicted molar refractivity (Wildman–Crippen MR) is 62.9 cm³/mol. The first kappa shape index (κ1) is 11.4. The van der Waals surface area contributed by atoms with Gasteiger partial charge in [-0.3, -0.25) is 4.79 Å². The minimum absolute atomic E-state index is 0.105. The van der Waals surface area contributed by atoms with Gasteiger partial charge in [0.05, 0.1) is 0 Å². The molecule has 86 valence electrons. The van der Waals surface area contributed by atoms with Crippen molar-refractivity contribution in [3.05, 3.63) is 0 Å². The smallest absolute Gasteiger partial charge is 0.316 e. The number of alkyl halides is 1. The van der Waals surface area contributed by atoms with Crippen LogP contribution in [0.2, 0.25) is 0 Å². The molecule has 3 atom stereocenters. The van der Waals surface area contributed by atoms with E-state index in [0.717, 1.165) is 5.92 Å². The largest absolute Gasteiger partial charge is 0.461 e. The van der Waals surface area contributed by atoms with Crippen LogP contribution >= 0.6 is 15.9 Å². The molecule has 2 aliphatic rings. The lowest BCUT2D eigenvalue weighted by atomic mass is 9.70. The molecule has 2 aliphatic carbocycles. The fourth-order valence-electron chi connectivity index (χ4n) is 3.71. The lowest BCUT2D eigenvalue weighted by Gasteiger charge is -2.41. The van der Waals surface area contributed by atoms with Gasteiger partial charge in [0.15, 0.2) is 0 Å². The number of carbonyl (C=O) groups is 1. The normalized spacial score (nSPS) is 41.9. The van der Waals surface area contributed by atoms with Crippen molar-refractivity contribution in [2.45, 2.75) is 46.1 Å². The van der Waals surface area contributed by atoms with Crippen molar-refractivity contribution in [2.75, 3.05) is 5.33 Å². The number of fused-ring (bicyclic) bond motifs is 2. The summed E-state index contributed by atoms with van der Waals surface area (Å²) in [6.07, 6.45) is 3.83. The monoisotopic (exact) mass is 274 g/mol. The van der Waals surface area contributed by atoms with Crippen LogP contribution in [0.25, 0.3) is 0 Å². The van der Waals surface area contributed by atoms with E-state index in [1.807, 2.05) is 0 Å². The molecule has 0 aromatic rings. The number of carbonyl (C=O) groups excluding carboxylic acids is 1. The maximum absolute atomic E-state index is 11.4. The van der Waals surface area contributed by atoms with Crippen LogP contribution in [0.1, 0.15) is 40.0 Å². The van der Waals surface area contributed by atoms with Gasteiger partial charge in [0, 0.05) is 10.8 Å². The topological polar surface area (TPSA) is 26.3 Å². The van der Waals surface area contributed by atoms with Gasteiger partial charge in [-0.25, -0.2) is 0 Å². The zero-order valence-electron chi connectivity index (χ0n) is 9.68. The number of halogens is 1. The van der Waals surface area contributed by atoms with Gasteiger partial charge in [-0.2, -0.15) is 0 Å². The van der Waals surface area contributed by atoms with E-state index in [4.69, 9.17) is 4.74 Å². The van der Waals surface area contributed by atoms with Gasteiger partial charge in [0.2, 0.25) is 0 Å². The summed E-state index contributed by atoms with van der Waals surface area (Å²) in [5.41, 5.74) is 0.386. The molecule has 2 saturated carbocycles. The Morgan fingerprint density at radius 2 is 2.13 bits per heavy atom. The number of hydrogen-bond acceptors (Lipinski definition) is 2. The van der Waals surface area contributed by atoms with Crippen molar-refractivity contribution in [3.8, 4) is 0 Å². The molecule has 2 fully saturated rings. The van der Waals surface area contributed by atoms with Gasteiger partial charge in [-0.15, -0.1) is 0 Å². The second kappa shape index (κ2) is 3.47. The first-order valence-corrected chi connectivity index (χ1v) is 6.78. The molecule has 0 aromatic heterocycles. The van der Waals surface area contributed by atoms with Gasteiger partial charge < -0.3 is 4.74 Å². The third-order valence-corrected chi connectivity index (χ3v) is 4.95. The fraction of sp³-hybridized carbons (Fsp3) is 0.917. The minimum Gasteiger partial charge on any atom is -0.461 e. The number of rotatable bonds is 2. The van der Waals surface area contributed by atoms with E-state index in [1.54, 1.807) is 0 Å². The van der Waals surface area contributed by atoms with Crippen LogP contribution in [0.15, 0.2) is 0 Å². The van der Waals surface area contributed by atoms with Crippen LogP contribution in [0.3, 0.4) is 0 Å². The first-order valence-electron chi connectivity index (χ1n) is 5.65. The van der Waals surface area contributed by atoms with E-state index in [2.05, 4.69) is 36.7 Å². The van der Waals surface area contributed by atoms with Crippen molar-refractivity contribution in [3.63, 3.8) is 0 Å². The number of ether oxygens (including phenoxy) is 1. The zero-order chi connectivity index (χ0) is 11.3. The van der Waals surface area contributed by atoms with Crippen molar-refractivity contribution in [2.24, 2.45) is 16.7 Å². The Morgan fingerprint density at radius 3 is 2.60 bits per heavy atom. The molecule has 2 bridgehead atoms. The summed E-state index contributed by atoms with van der Waals surface area (Å²) in [4.78, 5) is 11.4. The number of hydrogen-bond donors (Lipinski definition) is 0. The lowest BCUT2D eigenvalue weighted by Crippen LogP contribution is -2.43. The van der Waals surface area contributed by atoms with Crippen LogP contribution < -0.4 is 0 Å². The molecule has 2 rings (SSSR count). The van der Waals surface area contributed by atoms with E-state index in [0.29, 0.717) is 5.33 Å². The SMILES string of the molecule is CC1(C)[C@H]2CC[C@@](C)(C2)[C@@H]1OC(=O)CBr. The van der Waals surface area contributed by atoms with Crippen LogP contribution in [-0.2, 0) is 9.53 Å². The fourth-order valence-corrected chi connectivity index (χ4v) is 3.85. The quantitative estimate of drug-likeness (QED) is 0.571. The molecule has 0 heterocycles. The van der Waals surface area contributed by atoms with Gasteiger partial charge in [0.1, 0.15) is 11.4 Å². The summed E-state index contributed by atoms with van der Waals surface area (Å²) in [6, 6.07) is 0. The standard InChI is InChI=1S/C12H19BrO2/c1-11(2)8-4-5-12(3,6-8)10(11)15-9(14)7-13/h8,10H,4-7H2,1-3H3/t8-,10+,12-/m0/s1. The highest BCUT2D eigenvalue weighted by Gasteiger charge is 2.61. The summed E-state index contributed by atoms with van der Waals surface area (Å²) >= 11 is 3.16. The molecule has 0 radical (unpaired) electrons. The molecule has 2 nitrogen and oxygen atoms in total. The molecule has 0 saturated heterocycles. The van der Waals surface area contributed by atoms with Crippen LogP contribution in [0.4, 0.5) is 0 Å². The Balaban J connectivity index is 2.19. The summed E-state index contributed by atoms with van der Waals surface area (Å²) in [5, 5.41) is 0.306. The average molecular weight is 275 g/mol. The van der Waals surface area contributed by atoms with Crippen molar-refractivity contribution in [1.29, 1.82) is 0 Å². The average Bonchev–Trinajstić information content (AvgIpc) is 2.63. The molecule has 0 amide bonds. The molecular weight excluding hydrogens is 256 g/mol. The Labute approximate surface area is 99.9 Å². The summed E-state index contributed by atoms with van der Waals surface area (Å²) < 4.78 is 5.63. The second-order valence-corrected chi connectivity index (χ2v) is 6.48. The van der Waals surface area contributed by atoms with Crippen LogP contribution in [0.5, 0.6) is 0 Å². The van der Waals surface area contributed by atoms with Crippen molar-refractivity contribution < 1.29 is 9.53 Å². The maximum atomic E-state index is 11.4. The molecule has 0 aliphatic heterocycles. The van der Waals surface area contributed by atoms with Crippen LogP contribution in [0, 0.1) is 16.7 Å². The third kappa shape index (κ3) is 1.63. The van der Waals surface area contributed by atoms with E-state index < -0.39 is 0 Å². The van der Waals surface area contributed by atoms with E-state index >= 15 is 0 Å². The van der Waals surface area contributed by atoms with Crippen LogP contribution in [-0.4, -0.2) is 17.4 Å². The molecule has 15 heavy (non-hydrogen) atoms. The lowest BCUT2D eigenvalue weighted by molar-refractivity contribution is -0.161. The highest BCUT2D eigenvalue weighted by Crippen LogP contribution is 2.63. The molecule has 3 heteroatoms. The summed E-state index contributed by atoms with van der Waals surface area (Å²) in [7, 11) is 0. The van der Waals surface area contributed by atoms with Gasteiger partial charge in [-0.1, -0.05) is 36.7 Å². The first-order chi connectivity index (χ1) is 6.90. The third-order valence-electron chi connectivity index (χ3n) is 4.50. The van der Waals surface area contributed by atoms with Gasteiger partial charge in [0.25, 0.3) is 0 Å². The molecule has 0 unspecified atom stereocenters. The second-order valence-electron chi connectivity index (χ2n) is 5.92. The Morgan fingerprint density at radius 1 is 1.47 bits per heavy atom. The highest BCUT2D eigenvalue weighted by molar-refractivity contribution is 9.09. The van der Waals surface area contributed by atoms with E-state index in [-0.39, 0.29) is 22.9 Å². The highest BCUT2D eigenvalue weighted by atomic mass is 79.9. The van der Waals surface area contributed by atoms with E-state index in [1.165, 1.54) is 19.3 Å². The molecule has 0 N–H and O–H groups in total. The zero-order valence-corrected chi connectivity index (χ0v) is 11.3. The Bertz CT molecular complexity index is 283. The Hall–Kier alpha value is -0.0500. The van der Waals surface area contributed by atoms with Crippen molar-refractivity contribution >= 4 is 21.9 Å². The predicted octanol–water partition coefficient (Wildman–Crippen LogP) is 3.14. The molecule has 0 spiro atoms. The molecular formula is C12H19BrO2. The van der Waals surface area contributed by atoms with E-state index in [9.17, 15) is 4.79 Å².